The zero-order chi connectivity index (χ0) is 17.8. The Morgan fingerprint density at radius 2 is 1.96 bits per heavy atom. The molecule has 0 radical (unpaired) electrons. The van der Waals surface area contributed by atoms with Gasteiger partial charge in [0, 0.05) is 9.57 Å². The molecule has 0 aromatic heterocycles. The Hall–Kier alpha value is -0.0900. The maximum absolute atomic E-state index is 12.8. The van der Waals surface area contributed by atoms with Crippen LogP contribution in [-0.2, 0) is 14.8 Å². The first-order chi connectivity index (χ1) is 11.3. The molecule has 138 valence electrons. The second kappa shape index (κ2) is 8.53. The molecule has 2 aliphatic rings. The monoisotopic (exact) mass is 440 g/mol. The molecule has 0 aromatic carbocycles. The van der Waals surface area contributed by atoms with Gasteiger partial charge in [0.1, 0.15) is 6.04 Å². The largest absolute Gasteiger partial charge is 0.289 e. The van der Waals surface area contributed by atoms with Gasteiger partial charge in [-0.05, 0) is 31.9 Å². The normalized spacial score (nSPS) is 28.3. The Morgan fingerprint density at radius 1 is 1.29 bits per heavy atom. The lowest BCUT2D eigenvalue weighted by atomic mass is 9.83. The van der Waals surface area contributed by atoms with Crippen LogP contribution in [-0.4, -0.2) is 46.7 Å². The van der Waals surface area contributed by atoms with Crippen LogP contribution in [0.4, 0.5) is 0 Å². The summed E-state index contributed by atoms with van der Waals surface area (Å²) < 4.78 is 27.6. The molecule has 0 spiro atoms. The van der Waals surface area contributed by atoms with Crippen LogP contribution in [0.5, 0.6) is 0 Å². The van der Waals surface area contributed by atoms with Gasteiger partial charge >= 0.3 is 0 Å². The Labute approximate surface area is 156 Å². The highest BCUT2D eigenvalue weighted by Crippen LogP contribution is 2.42. The van der Waals surface area contributed by atoms with Gasteiger partial charge in [0.05, 0.1) is 5.25 Å². The average Bonchev–Trinajstić information content (AvgIpc) is 2.60. The van der Waals surface area contributed by atoms with Crippen LogP contribution in [0.3, 0.4) is 0 Å². The number of hydrogen-bond donors (Lipinski definition) is 3. The zero-order valence-corrected chi connectivity index (χ0v) is 16.9. The van der Waals surface area contributed by atoms with E-state index in [9.17, 15) is 13.2 Å². The molecule has 1 fully saturated rings. The SMILES string of the molecule is CSC1(C(NS(=O)(=O)C2C=CC(Br)CC2)C(=O)NO)CCCCC1. The third-order valence-electron chi connectivity index (χ3n) is 4.95. The van der Waals surface area contributed by atoms with E-state index in [1.54, 1.807) is 11.6 Å². The Bertz CT molecular complexity index is 576. The number of hydroxylamine groups is 1. The Morgan fingerprint density at radius 3 is 2.46 bits per heavy atom. The molecule has 9 heteroatoms. The number of halogens is 1. The summed E-state index contributed by atoms with van der Waals surface area (Å²) in [4.78, 5) is 12.5. The number of sulfonamides is 1. The Kier molecular flexibility index (Phi) is 7.19. The molecular weight excluding hydrogens is 416 g/mol. The molecule has 0 bridgehead atoms. The van der Waals surface area contributed by atoms with Gasteiger partial charge in [-0.3, -0.25) is 10.0 Å². The minimum Gasteiger partial charge on any atom is -0.289 e. The molecular formula is C15H25BrN2O4S2. The molecule has 6 nitrogen and oxygen atoms in total. The van der Waals surface area contributed by atoms with E-state index in [2.05, 4.69) is 20.7 Å². The summed E-state index contributed by atoms with van der Waals surface area (Å²) in [5, 5.41) is 8.47. The van der Waals surface area contributed by atoms with E-state index in [-0.39, 0.29) is 4.83 Å². The van der Waals surface area contributed by atoms with E-state index in [1.807, 2.05) is 12.3 Å². The fourth-order valence-corrected chi connectivity index (χ4v) is 6.69. The number of carbonyl (C=O) groups is 1. The summed E-state index contributed by atoms with van der Waals surface area (Å²) in [6.07, 6.45) is 11.1. The van der Waals surface area contributed by atoms with Gasteiger partial charge in [0.25, 0.3) is 5.91 Å². The number of rotatable bonds is 6. The van der Waals surface area contributed by atoms with Gasteiger partial charge < -0.3 is 0 Å². The molecule has 0 saturated heterocycles. The van der Waals surface area contributed by atoms with Crippen molar-refractivity contribution in [2.24, 2.45) is 0 Å². The van der Waals surface area contributed by atoms with Crippen molar-refractivity contribution in [3.05, 3.63) is 12.2 Å². The predicted octanol–water partition coefficient (Wildman–Crippen LogP) is 2.33. The second-order valence-electron chi connectivity index (χ2n) is 6.42. The molecule has 3 unspecified atom stereocenters. The maximum atomic E-state index is 12.8. The van der Waals surface area contributed by atoms with E-state index >= 15 is 0 Å². The highest BCUT2D eigenvalue weighted by Gasteiger charge is 2.46. The van der Waals surface area contributed by atoms with E-state index in [4.69, 9.17) is 5.21 Å². The number of thioether (sulfide) groups is 1. The van der Waals surface area contributed by atoms with E-state index in [0.717, 1.165) is 38.5 Å². The molecule has 0 heterocycles. The Balaban J connectivity index is 2.25. The first kappa shape index (κ1) is 20.2. The van der Waals surface area contributed by atoms with Crippen LogP contribution in [0.25, 0.3) is 0 Å². The van der Waals surface area contributed by atoms with Crippen molar-refractivity contribution in [1.82, 2.24) is 10.2 Å². The van der Waals surface area contributed by atoms with Gasteiger partial charge in [-0.15, -0.1) is 0 Å². The third-order valence-corrected chi connectivity index (χ3v) is 8.92. The summed E-state index contributed by atoms with van der Waals surface area (Å²) in [7, 11) is -3.70. The van der Waals surface area contributed by atoms with Crippen LogP contribution >= 0.6 is 27.7 Å². The number of alkyl halides is 1. The van der Waals surface area contributed by atoms with Gasteiger partial charge in [0.2, 0.25) is 10.0 Å². The molecule has 24 heavy (non-hydrogen) atoms. The zero-order valence-electron chi connectivity index (χ0n) is 13.7. The third kappa shape index (κ3) is 4.55. The maximum Gasteiger partial charge on any atom is 0.262 e. The number of nitrogens with one attached hydrogen (secondary N) is 2. The van der Waals surface area contributed by atoms with E-state index in [1.165, 1.54) is 11.8 Å². The molecule has 1 amide bonds. The standard InChI is InChI=1S/C15H25BrN2O4S2/c1-23-15(9-3-2-4-10-15)13(14(19)17-20)18-24(21,22)12-7-5-11(16)6-8-12/h5,7,11-13,18,20H,2-4,6,8-10H2,1H3,(H,17,19). The molecule has 3 N–H and O–H groups in total. The molecule has 2 aliphatic carbocycles. The smallest absolute Gasteiger partial charge is 0.262 e. The fraction of sp³-hybridized carbons (Fsp3) is 0.800. The summed E-state index contributed by atoms with van der Waals surface area (Å²) >= 11 is 4.96. The summed E-state index contributed by atoms with van der Waals surface area (Å²) in [5.41, 5.74) is 1.65. The minimum absolute atomic E-state index is 0.191. The van der Waals surface area contributed by atoms with Crippen molar-refractivity contribution in [3.63, 3.8) is 0 Å². The first-order valence-corrected chi connectivity index (χ1v) is 11.9. The first-order valence-electron chi connectivity index (χ1n) is 8.17. The second-order valence-corrected chi connectivity index (χ2v) is 10.7. The van der Waals surface area contributed by atoms with Gasteiger partial charge in [-0.2, -0.15) is 11.8 Å². The lowest BCUT2D eigenvalue weighted by molar-refractivity contribution is -0.132. The van der Waals surface area contributed by atoms with Crippen molar-refractivity contribution < 1.29 is 18.4 Å². The van der Waals surface area contributed by atoms with E-state index in [0.29, 0.717) is 6.42 Å². The van der Waals surface area contributed by atoms with Gasteiger partial charge in [-0.25, -0.2) is 18.6 Å². The van der Waals surface area contributed by atoms with Crippen LogP contribution < -0.4 is 10.2 Å². The van der Waals surface area contributed by atoms with Gasteiger partial charge in [-0.1, -0.05) is 47.3 Å². The lowest BCUT2D eigenvalue weighted by Gasteiger charge is -2.41. The van der Waals surface area contributed by atoms with E-state index < -0.39 is 32.0 Å². The predicted molar refractivity (Wildman–Crippen MR) is 100.0 cm³/mol. The van der Waals surface area contributed by atoms with Crippen LogP contribution in [0.1, 0.15) is 44.9 Å². The van der Waals surface area contributed by atoms with Crippen molar-refractivity contribution in [2.75, 3.05) is 6.26 Å². The summed E-state index contributed by atoms with van der Waals surface area (Å²) in [6.45, 7) is 0. The minimum atomic E-state index is -3.70. The molecule has 0 aliphatic heterocycles. The fourth-order valence-electron chi connectivity index (χ4n) is 3.50. The topological polar surface area (TPSA) is 95.5 Å². The van der Waals surface area contributed by atoms with Crippen molar-refractivity contribution >= 4 is 43.6 Å². The molecule has 3 atom stereocenters. The highest BCUT2D eigenvalue weighted by atomic mass is 79.9. The highest BCUT2D eigenvalue weighted by molar-refractivity contribution is 9.09. The number of hydrogen-bond acceptors (Lipinski definition) is 5. The van der Waals surface area contributed by atoms with Gasteiger partial charge in [0.15, 0.2) is 0 Å². The quantitative estimate of drug-likeness (QED) is 0.255. The molecule has 0 aromatic rings. The number of allylic oxidation sites excluding steroid dienone is 1. The average molecular weight is 441 g/mol. The summed E-state index contributed by atoms with van der Waals surface area (Å²) in [6, 6.07) is -0.974. The molecule has 1 saturated carbocycles. The van der Waals surface area contributed by atoms with Crippen LogP contribution in [0, 0.1) is 0 Å². The number of carbonyl (C=O) groups excluding carboxylic acids is 1. The van der Waals surface area contributed by atoms with Crippen LogP contribution in [0.2, 0.25) is 0 Å². The number of amides is 1. The van der Waals surface area contributed by atoms with Crippen molar-refractivity contribution in [3.8, 4) is 0 Å². The summed E-state index contributed by atoms with van der Waals surface area (Å²) in [5.74, 6) is -0.687. The lowest BCUT2D eigenvalue weighted by Crippen LogP contribution is -2.60. The molecule has 2 rings (SSSR count). The van der Waals surface area contributed by atoms with Crippen molar-refractivity contribution in [1.29, 1.82) is 0 Å². The van der Waals surface area contributed by atoms with Crippen LogP contribution in [0.15, 0.2) is 12.2 Å². The van der Waals surface area contributed by atoms with Crippen molar-refractivity contribution in [2.45, 2.75) is 65.8 Å².